The number of esters is 1. The van der Waals surface area contributed by atoms with Gasteiger partial charge in [0.25, 0.3) is 17.4 Å². The molecule has 1 saturated carbocycles. The highest BCUT2D eigenvalue weighted by atomic mass is 16.8. The zero-order valence-corrected chi connectivity index (χ0v) is 15.1. The molecule has 1 fully saturated rings. The Bertz CT molecular complexity index is 896. The smallest absolute Gasteiger partial charge is 0.369 e. The van der Waals surface area contributed by atoms with Crippen LogP contribution < -0.4 is 0 Å². The van der Waals surface area contributed by atoms with E-state index in [2.05, 4.69) is 15.2 Å². The third-order valence-corrected chi connectivity index (χ3v) is 4.36. The van der Waals surface area contributed by atoms with Gasteiger partial charge in [0, 0.05) is 19.9 Å². The lowest BCUT2D eigenvalue weighted by molar-refractivity contribution is -0.254. The number of carbonyl (C=O) groups is 1. The van der Waals surface area contributed by atoms with Crippen LogP contribution in [0.5, 0.6) is 0 Å². The van der Waals surface area contributed by atoms with E-state index in [0.29, 0.717) is 12.8 Å². The van der Waals surface area contributed by atoms with Crippen LogP contribution in [0.3, 0.4) is 0 Å². The summed E-state index contributed by atoms with van der Waals surface area (Å²) in [6.45, 7) is 2.03. The van der Waals surface area contributed by atoms with Crippen molar-refractivity contribution in [2.45, 2.75) is 44.8 Å². The summed E-state index contributed by atoms with van der Waals surface area (Å²) in [5, 5.41) is 25.9. The zero-order valence-electron chi connectivity index (χ0n) is 15.1. The number of ether oxygens (including phenoxy) is 3. The normalized spacial score (nSPS) is 18.7. The SMILES string of the molecule is CCOC1=C(/N=N/c2nc(C#N)c(C#N)n2C)C(=O)OC2(CCCCC2)O1. The van der Waals surface area contributed by atoms with Crippen LogP contribution in [0.25, 0.3) is 0 Å². The maximum absolute atomic E-state index is 12.5. The van der Waals surface area contributed by atoms with Crippen molar-refractivity contribution in [3.8, 4) is 12.1 Å². The highest BCUT2D eigenvalue weighted by Gasteiger charge is 2.45. The number of carbonyl (C=O) groups excluding carboxylic acids is 1. The Labute approximate surface area is 155 Å². The maximum atomic E-state index is 12.5. The average Bonchev–Trinajstić information content (AvgIpc) is 2.97. The molecule has 0 amide bonds. The van der Waals surface area contributed by atoms with E-state index in [-0.39, 0.29) is 35.6 Å². The van der Waals surface area contributed by atoms with Gasteiger partial charge in [0.2, 0.25) is 0 Å². The largest absolute Gasteiger partial charge is 0.464 e. The van der Waals surface area contributed by atoms with Crippen molar-refractivity contribution in [1.82, 2.24) is 9.55 Å². The Hall–Kier alpha value is -3.40. The second-order valence-corrected chi connectivity index (χ2v) is 6.12. The lowest BCUT2D eigenvalue weighted by atomic mass is 9.93. The molecule has 10 heteroatoms. The van der Waals surface area contributed by atoms with Crippen LogP contribution in [-0.4, -0.2) is 27.9 Å². The average molecular weight is 370 g/mol. The minimum Gasteiger partial charge on any atom is -0.464 e. The standard InChI is InChI=1S/C17H18N6O4/c1-3-25-15-13(14(24)26-17(27-15)7-5-4-6-8-17)21-22-16-20-11(9-18)12(10-19)23(16)2/h3-8H2,1-2H3/b22-21+. The number of aromatic nitrogens is 2. The molecule has 0 bridgehead atoms. The molecule has 1 aliphatic carbocycles. The predicted octanol–water partition coefficient (Wildman–Crippen LogP) is 2.69. The van der Waals surface area contributed by atoms with Crippen LogP contribution in [0.1, 0.15) is 50.4 Å². The molecule has 0 aromatic carbocycles. The van der Waals surface area contributed by atoms with Crippen molar-refractivity contribution in [3.05, 3.63) is 23.0 Å². The number of nitrogens with zero attached hydrogens (tertiary/aromatic N) is 6. The number of hydrogen-bond acceptors (Lipinski definition) is 9. The van der Waals surface area contributed by atoms with Crippen molar-refractivity contribution in [2.24, 2.45) is 17.3 Å². The lowest BCUT2D eigenvalue weighted by Gasteiger charge is -2.39. The van der Waals surface area contributed by atoms with Crippen LogP contribution in [0.4, 0.5) is 5.95 Å². The van der Waals surface area contributed by atoms with Crippen LogP contribution >= 0.6 is 0 Å². The van der Waals surface area contributed by atoms with E-state index in [1.165, 1.54) is 11.6 Å². The summed E-state index contributed by atoms with van der Waals surface area (Å²) in [6, 6.07) is 3.69. The summed E-state index contributed by atoms with van der Waals surface area (Å²) < 4.78 is 18.1. The van der Waals surface area contributed by atoms with E-state index in [0.717, 1.165) is 19.3 Å². The summed E-state index contributed by atoms with van der Waals surface area (Å²) in [7, 11) is 1.52. The summed E-state index contributed by atoms with van der Waals surface area (Å²) in [5.74, 6) is -1.73. The van der Waals surface area contributed by atoms with Gasteiger partial charge in [-0.1, -0.05) is 6.42 Å². The zero-order chi connectivity index (χ0) is 19.4. The van der Waals surface area contributed by atoms with E-state index in [4.69, 9.17) is 24.7 Å². The quantitative estimate of drug-likeness (QED) is 0.587. The van der Waals surface area contributed by atoms with Gasteiger partial charge in [0.1, 0.15) is 12.1 Å². The second-order valence-electron chi connectivity index (χ2n) is 6.12. The molecule has 0 unspecified atom stereocenters. The molecule has 10 nitrogen and oxygen atoms in total. The van der Waals surface area contributed by atoms with Crippen molar-refractivity contribution in [2.75, 3.05) is 6.61 Å². The van der Waals surface area contributed by atoms with Crippen molar-refractivity contribution in [1.29, 1.82) is 10.5 Å². The fraction of sp³-hybridized carbons (Fsp3) is 0.529. The van der Waals surface area contributed by atoms with Gasteiger partial charge in [0.15, 0.2) is 11.4 Å². The van der Waals surface area contributed by atoms with Crippen LogP contribution in [0, 0.1) is 22.7 Å². The van der Waals surface area contributed by atoms with Crippen molar-refractivity contribution >= 4 is 11.9 Å². The van der Waals surface area contributed by atoms with Crippen LogP contribution in [-0.2, 0) is 26.1 Å². The first-order valence-electron chi connectivity index (χ1n) is 8.61. The molecule has 1 spiro atoms. The molecule has 2 aliphatic rings. The summed E-state index contributed by atoms with van der Waals surface area (Å²) in [4.78, 5) is 16.4. The minimum atomic E-state index is -1.01. The highest BCUT2D eigenvalue weighted by molar-refractivity contribution is 5.89. The molecule has 27 heavy (non-hydrogen) atoms. The maximum Gasteiger partial charge on any atom is 0.369 e. The molecule has 1 aliphatic heterocycles. The molecule has 3 rings (SSSR count). The van der Waals surface area contributed by atoms with E-state index in [1.54, 1.807) is 6.92 Å². The lowest BCUT2D eigenvalue weighted by Crippen LogP contribution is -2.44. The van der Waals surface area contributed by atoms with E-state index >= 15 is 0 Å². The van der Waals surface area contributed by atoms with Gasteiger partial charge in [0.05, 0.1) is 6.61 Å². The fourth-order valence-corrected chi connectivity index (χ4v) is 3.02. The van der Waals surface area contributed by atoms with Gasteiger partial charge in [-0.25, -0.2) is 4.79 Å². The topological polar surface area (TPSA) is 135 Å². The Morgan fingerprint density at radius 2 is 1.96 bits per heavy atom. The molecule has 1 aromatic rings. The van der Waals surface area contributed by atoms with Gasteiger partial charge in [-0.3, -0.25) is 0 Å². The number of nitriles is 2. The molecule has 0 saturated heterocycles. The summed E-state index contributed by atoms with van der Waals surface area (Å²) >= 11 is 0. The summed E-state index contributed by atoms with van der Waals surface area (Å²) in [5.41, 5.74) is -0.237. The molecule has 140 valence electrons. The molecular formula is C17H18N6O4. The van der Waals surface area contributed by atoms with Crippen molar-refractivity contribution < 1.29 is 19.0 Å². The van der Waals surface area contributed by atoms with E-state index in [9.17, 15) is 4.79 Å². The van der Waals surface area contributed by atoms with Crippen molar-refractivity contribution in [3.63, 3.8) is 0 Å². The molecule has 0 N–H and O–H groups in total. The number of hydrogen-bond donors (Lipinski definition) is 0. The third-order valence-electron chi connectivity index (χ3n) is 4.36. The van der Waals surface area contributed by atoms with Crippen LogP contribution in [0.2, 0.25) is 0 Å². The second kappa shape index (κ2) is 7.46. The van der Waals surface area contributed by atoms with Crippen LogP contribution in [0.15, 0.2) is 21.9 Å². The Balaban J connectivity index is 1.94. The van der Waals surface area contributed by atoms with Gasteiger partial charge in [-0.05, 0) is 19.8 Å². The van der Waals surface area contributed by atoms with Gasteiger partial charge < -0.3 is 18.8 Å². The van der Waals surface area contributed by atoms with E-state index < -0.39 is 11.8 Å². The highest BCUT2D eigenvalue weighted by Crippen LogP contribution is 2.39. The predicted molar refractivity (Wildman–Crippen MR) is 88.8 cm³/mol. The fourth-order valence-electron chi connectivity index (χ4n) is 3.02. The van der Waals surface area contributed by atoms with E-state index in [1.807, 2.05) is 12.1 Å². The first-order chi connectivity index (χ1) is 13.0. The summed E-state index contributed by atoms with van der Waals surface area (Å²) in [6.07, 6.45) is 4.03. The first kappa shape index (κ1) is 18.4. The Morgan fingerprint density at radius 1 is 1.22 bits per heavy atom. The number of azo groups is 1. The molecular weight excluding hydrogens is 352 g/mol. The Morgan fingerprint density at radius 3 is 2.56 bits per heavy atom. The molecule has 1 aromatic heterocycles. The number of imidazole rings is 1. The van der Waals surface area contributed by atoms with Gasteiger partial charge in [-0.15, -0.1) is 10.2 Å². The minimum absolute atomic E-state index is 0.00259. The molecule has 0 atom stereocenters. The Kier molecular flexibility index (Phi) is 5.08. The first-order valence-corrected chi connectivity index (χ1v) is 8.61. The molecule has 0 radical (unpaired) electrons. The monoisotopic (exact) mass is 370 g/mol. The molecule has 2 heterocycles. The third kappa shape index (κ3) is 3.47. The number of rotatable bonds is 4. The van der Waals surface area contributed by atoms with Gasteiger partial charge >= 0.3 is 11.9 Å². The van der Waals surface area contributed by atoms with Gasteiger partial charge in [-0.2, -0.15) is 15.5 Å².